The van der Waals surface area contributed by atoms with Crippen molar-refractivity contribution >= 4 is 46.5 Å². The van der Waals surface area contributed by atoms with E-state index in [1.54, 1.807) is 55.2 Å². The van der Waals surface area contributed by atoms with E-state index in [1.165, 1.54) is 0 Å². The third kappa shape index (κ3) is 9.22. The molecule has 0 bridgehead atoms. The van der Waals surface area contributed by atoms with Crippen LogP contribution in [-0.4, -0.2) is 52.8 Å². The number of thiophene rings is 1. The second-order valence-corrected chi connectivity index (χ2v) is 14.0. The Morgan fingerprint density at radius 2 is 1.49 bits per heavy atom. The van der Waals surface area contributed by atoms with E-state index in [1.807, 2.05) is 62.5 Å². The highest BCUT2D eigenvalue weighted by Crippen LogP contribution is 2.33. The topological polar surface area (TPSA) is 109 Å². The Morgan fingerprint density at radius 1 is 0.837 bits per heavy atom. The van der Waals surface area contributed by atoms with Crippen LogP contribution in [0.1, 0.15) is 71.7 Å². The Hall–Kier alpha value is -4.05. The lowest BCUT2D eigenvalue weighted by Crippen LogP contribution is -2.50. The van der Waals surface area contributed by atoms with Gasteiger partial charge in [0.25, 0.3) is 5.91 Å². The van der Waals surface area contributed by atoms with Crippen LogP contribution < -0.4 is 16.0 Å². The minimum Gasteiger partial charge on any atom is -0.444 e. The van der Waals surface area contributed by atoms with Crippen LogP contribution in [0.2, 0.25) is 0 Å². The molecular formula is C33H42N4O5S. The Kier molecular flexibility index (Phi) is 9.39. The Morgan fingerprint density at radius 3 is 2.07 bits per heavy atom. The number of piperidine rings is 1. The molecule has 0 unspecified atom stereocenters. The van der Waals surface area contributed by atoms with Crippen LogP contribution in [0, 0.1) is 0 Å². The van der Waals surface area contributed by atoms with E-state index in [0.717, 1.165) is 29.0 Å². The van der Waals surface area contributed by atoms with Gasteiger partial charge in [-0.05, 0) is 115 Å². The fourth-order valence-electron chi connectivity index (χ4n) is 4.65. The van der Waals surface area contributed by atoms with Crippen molar-refractivity contribution < 1.29 is 23.9 Å². The van der Waals surface area contributed by atoms with Crippen molar-refractivity contribution in [3.05, 3.63) is 65.5 Å². The number of ether oxygens (including phenoxy) is 2. The number of hydrogen-bond acceptors (Lipinski definition) is 7. The predicted octanol–water partition coefficient (Wildman–Crippen LogP) is 8.22. The average molecular weight is 607 g/mol. The van der Waals surface area contributed by atoms with Crippen LogP contribution in [0.3, 0.4) is 0 Å². The zero-order chi connectivity index (χ0) is 31.4. The number of carbonyl (C=O) groups is 3. The SMILES string of the molecule is CC1(Nc2ccc(C(=O)Nc3cc(-c4cccs4)ccc3NC(=O)OC(C)(C)C)cc2)CCN(C(=O)OC(C)(C)C)CC1. The van der Waals surface area contributed by atoms with E-state index in [9.17, 15) is 14.4 Å². The number of rotatable bonds is 6. The monoisotopic (exact) mass is 606 g/mol. The first-order chi connectivity index (χ1) is 20.1. The summed E-state index contributed by atoms with van der Waals surface area (Å²) in [6.07, 6.45) is 0.647. The van der Waals surface area contributed by atoms with Crippen molar-refractivity contribution in [3.8, 4) is 10.4 Å². The molecule has 9 nitrogen and oxygen atoms in total. The maximum atomic E-state index is 13.3. The Bertz CT molecular complexity index is 1430. The lowest BCUT2D eigenvalue weighted by atomic mass is 9.89. The molecule has 1 aliphatic heterocycles. The number of nitrogens with zero attached hydrogens (tertiary/aromatic N) is 1. The minimum atomic E-state index is -0.660. The van der Waals surface area contributed by atoms with Gasteiger partial charge in [-0.3, -0.25) is 10.1 Å². The summed E-state index contributed by atoms with van der Waals surface area (Å²) < 4.78 is 10.9. The van der Waals surface area contributed by atoms with Gasteiger partial charge in [0, 0.05) is 34.8 Å². The van der Waals surface area contributed by atoms with E-state index < -0.39 is 17.3 Å². The lowest BCUT2D eigenvalue weighted by Gasteiger charge is -2.40. The number of carbonyl (C=O) groups excluding carboxylic acids is 3. The van der Waals surface area contributed by atoms with Crippen molar-refractivity contribution in [1.82, 2.24) is 4.90 Å². The van der Waals surface area contributed by atoms with Gasteiger partial charge in [-0.2, -0.15) is 0 Å². The van der Waals surface area contributed by atoms with Gasteiger partial charge in [0.2, 0.25) is 0 Å². The summed E-state index contributed by atoms with van der Waals surface area (Å²) in [5.74, 6) is -0.306. The highest BCUT2D eigenvalue weighted by molar-refractivity contribution is 7.13. The van der Waals surface area contributed by atoms with Gasteiger partial charge in [-0.15, -0.1) is 11.3 Å². The van der Waals surface area contributed by atoms with E-state index in [-0.39, 0.29) is 17.5 Å². The summed E-state index contributed by atoms with van der Waals surface area (Å²) in [6, 6.07) is 16.7. The molecule has 3 aromatic rings. The molecule has 1 saturated heterocycles. The number of anilines is 3. The third-order valence-corrected chi connectivity index (χ3v) is 7.74. The Labute approximate surface area is 258 Å². The second-order valence-electron chi connectivity index (χ2n) is 13.0. The zero-order valence-corrected chi connectivity index (χ0v) is 26.8. The van der Waals surface area contributed by atoms with Crippen molar-refractivity contribution in [1.29, 1.82) is 0 Å². The molecule has 2 heterocycles. The largest absolute Gasteiger partial charge is 0.444 e. The number of likely N-dealkylation sites (tertiary alicyclic amines) is 1. The molecule has 0 saturated carbocycles. The van der Waals surface area contributed by atoms with Gasteiger partial charge < -0.3 is 25.0 Å². The molecule has 1 aromatic heterocycles. The molecule has 0 radical (unpaired) electrons. The van der Waals surface area contributed by atoms with Gasteiger partial charge in [-0.25, -0.2) is 9.59 Å². The van der Waals surface area contributed by atoms with Crippen molar-refractivity contribution in [3.63, 3.8) is 0 Å². The Balaban J connectivity index is 1.42. The van der Waals surface area contributed by atoms with E-state index in [0.29, 0.717) is 30.0 Å². The quantitative estimate of drug-likeness (QED) is 0.261. The van der Waals surface area contributed by atoms with Gasteiger partial charge >= 0.3 is 12.2 Å². The first-order valence-corrected chi connectivity index (χ1v) is 15.3. The zero-order valence-electron chi connectivity index (χ0n) is 26.0. The normalized spacial score (nSPS) is 14.9. The predicted molar refractivity (Wildman–Crippen MR) is 173 cm³/mol. The molecule has 1 aliphatic rings. The highest BCUT2D eigenvalue weighted by atomic mass is 32.1. The van der Waals surface area contributed by atoms with Crippen LogP contribution >= 0.6 is 11.3 Å². The molecule has 43 heavy (non-hydrogen) atoms. The summed E-state index contributed by atoms with van der Waals surface area (Å²) in [4.78, 5) is 41.1. The minimum absolute atomic E-state index is 0.202. The van der Waals surface area contributed by atoms with Crippen molar-refractivity contribution in [2.45, 2.75) is 78.0 Å². The van der Waals surface area contributed by atoms with E-state index in [2.05, 4.69) is 22.9 Å². The highest BCUT2D eigenvalue weighted by Gasteiger charge is 2.33. The molecule has 3 amide bonds. The lowest BCUT2D eigenvalue weighted by molar-refractivity contribution is 0.0184. The molecule has 3 N–H and O–H groups in total. The smallest absolute Gasteiger partial charge is 0.412 e. The summed E-state index contributed by atoms with van der Waals surface area (Å²) >= 11 is 1.59. The molecule has 230 valence electrons. The summed E-state index contributed by atoms with van der Waals surface area (Å²) in [5.41, 5.74) is 1.80. The first kappa shape index (κ1) is 31.9. The van der Waals surface area contributed by atoms with E-state index in [4.69, 9.17) is 9.47 Å². The van der Waals surface area contributed by atoms with Crippen LogP contribution in [0.5, 0.6) is 0 Å². The summed E-state index contributed by atoms with van der Waals surface area (Å²) in [7, 11) is 0. The van der Waals surface area contributed by atoms with Crippen molar-refractivity contribution in [2.75, 3.05) is 29.0 Å². The number of nitrogens with one attached hydrogen (secondary N) is 3. The van der Waals surface area contributed by atoms with Crippen LogP contribution in [0.15, 0.2) is 60.0 Å². The molecular weight excluding hydrogens is 564 g/mol. The van der Waals surface area contributed by atoms with E-state index >= 15 is 0 Å². The van der Waals surface area contributed by atoms with Gasteiger partial charge in [0.05, 0.1) is 11.4 Å². The van der Waals surface area contributed by atoms with Crippen molar-refractivity contribution in [2.24, 2.45) is 0 Å². The van der Waals surface area contributed by atoms with Crippen LogP contribution in [-0.2, 0) is 9.47 Å². The van der Waals surface area contributed by atoms with Crippen LogP contribution in [0.4, 0.5) is 26.7 Å². The molecule has 0 atom stereocenters. The summed E-state index contributed by atoms with van der Waals surface area (Å²) in [5, 5.41) is 11.3. The number of amides is 3. The molecule has 0 spiro atoms. The number of hydrogen-bond donors (Lipinski definition) is 3. The summed E-state index contributed by atoms with van der Waals surface area (Å²) in [6.45, 7) is 14.3. The first-order valence-electron chi connectivity index (χ1n) is 14.4. The standard InChI is InChI=1S/C33H42N4O5S/c1-31(2,3)41-29(39)35-25-15-12-23(27-9-8-20-43-27)21-26(25)34-28(38)22-10-13-24(14-11-22)36-33(7)16-18-37(19-17-33)30(40)42-32(4,5)6/h8-15,20-21,36H,16-19H2,1-7H3,(H,34,38)(H,35,39). The maximum absolute atomic E-state index is 13.3. The fourth-order valence-corrected chi connectivity index (χ4v) is 5.37. The third-order valence-electron chi connectivity index (χ3n) is 6.82. The average Bonchev–Trinajstić information content (AvgIpc) is 3.43. The van der Waals surface area contributed by atoms with Gasteiger partial charge in [0.15, 0.2) is 0 Å². The fraction of sp³-hybridized carbons (Fsp3) is 0.424. The number of benzene rings is 2. The molecule has 10 heteroatoms. The van der Waals surface area contributed by atoms with Crippen LogP contribution in [0.25, 0.3) is 10.4 Å². The molecule has 1 fully saturated rings. The second kappa shape index (κ2) is 12.7. The molecule has 2 aromatic carbocycles. The molecule has 0 aliphatic carbocycles. The van der Waals surface area contributed by atoms with Gasteiger partial charge in [0.1, 0.15) is 11.2 Å². The molecule has 4 rings (SSSR count). The van der Waals surface area contributed by atoms with Gasteiger partial charge in [-0.1, -0.05) is 12.1 Å². The maximum Gasteiger partial charge on any atom is 0.412 e.